The first-order chi connectivity index (χ1) is 9.54. The van der Waals surface area contributed by atoms with Crippen LogP contribution in [-0.4, -0.2) is 27.9 Å². The zero-order valence-corrected chi connectivity index (χ0v) is 12.1. The van der Waals surface area contributed by atoms with E-state index in [1.165, 1.54) is 5.56 Å². The van der Waals surface area contributed by atoms with Gasteiger partial charge in [-0.2, -0.15) is 0 Å². The van der Waals surface area contributed by atoms with Crippen molar-refractivity contribution in [2.24, 2.45) is 5.41 Å². The van der Waals surface area contributed by atoms with E-state index in [1.807, 2.05) is 22.9 Å². The summed E-state index contributed by atoms with van der Waals surface area (Å²) in [5, 5.41) is 10.5. The molecular weight excluding hydrogens is 252 g/mol. The fourth-order valence-electron chi connectivity index (χ4n) is 3.12. The predicted octanol–water partition coefficient (Wildman–Crippen LogP) is 2.42. The van der Waals surface area contributed by atoms with Crippen molar-refractivity contribution in [1.29, 1.82) is 0 Å². The molecule has 0 saturated heterocycles. The van der Waals surface area contributed by atoms with Crippen LogP contribution in [0.5, 0.6) is 5.75 Å². The molecule has 0 radical (unpaired) electrons. The van der Waals surface area contributed by atoms with E-state index in [0.29, 0.717) is 6.54 Å². The van der Waals surface area contributed by atoms with Gasteiger partial charge in [0.1, 0.15) is 5.75 Å². The van der Waals surface area contributed by atoms with Crippen LogP contribution in [0.25, 0.3) is 0 Å². The fourth-order valence-corrected chi connectivity index (χ4v) is 3.12. The third-order valence-corrected chi connectivity index (χ3v) is 4.46. The van der Waals surface area contributed by atoms with Crippen LogP contribution in [0, 0.1) is 5.41 Å². The lowest BCUT2D eigenvalue weighted by Crippen LogP contribution is -2.43. The normalized spacial score (nSPS) is 24.2. The van der Waals surface area contributed by atoms with E-state index >= 15 is 0 Å². The van der Waals surface area contributed by atoms with Crippen LogP contribution in [0.1, 0.15) is 31.0 Å². The van der Waals surface area contributed by atoms with Crippen LogP contribution < -0.4 is 4.74 Å². The Morgan fingerprint density at radius 3 is 2.65 bits per heavy atom. The number of aromatic nitrogens is 2. The highest BCUT2D eigenvalue weighted by Crippen LogP contribution is 2.46. The molecule has 2 aromatic rings. The van der Waals surface area contributed by atoms with Gasteiger partial charge in [-0.1, -0.05) is 26.0 Å². The van der Waals surface area contributed by atoms with Crippen LogP contribution in [0.2, 0.25) is 0 Å². The zero-order valence-electron chi connectivity index (χ0n) is 12.1. The van der Waals surface area contributed by atoms with Gasteiger partial charge in [0.15, 0.2) is 0 Å². The van der Waals surface area contributed by atoms with Crippen molar-refractivity contribution in [2.75, 3.05) is 7.11 Å². The third kappa shape index (κ3) is 1.91. The number of rotatable bonds is 2. The van der Waals surface area contributed by atoms with Gasteiger partial charge in [0.25, 0.3) is 0 Å². The van der Waals surface area contributed by atoms with Gasteiger partial charge in [-0.05, 0) is 17.7 Å². The van der Waals surface area contributed by atoms with Crippen LogP contribution in [0.3, 0.4) is 0 Å². The van der Waals surface area contributed by atoms with E-state index in [1.54, 1.807) is 13.4 Å². The van der Waals surface area contributed by atoms with E-state index in [0.717, 1.165) is 11.4 Å². The second-order valence-electron chi connectivity index (χ2n) is 6.01. The molecule has 2 unspecified atom stereocenters. The Bertz CT molecular complexity index is 601. The van der Waals surface area contributed by atoms with Gasteiger partial charge >= 0.3 is 0 Å². The molecule has 1 aliphatic heterocycles. The van der Waals surface area contributed by atoms with Crippen molar-refractivity contribution in [3.05, 3.63) is 48.0 Å². The molecule has 0 spiro atoms. The first-order valence-electron chi connectivity index (χ1n) is 6.86. The zero-order chi connectivity index (χ0) is 14.3. The summed E-state index contributed by atoms with van der Waals surface area (Å²) in [6.07, 6.45) is 3.31. The van der Waals surface area contributed by atoms with Crippen molar-refractivity contribution < 1.29 is 9.84 Å². The molecule has 0 saturated carbocycles. The highest BCUT2D eigenvalue weighted by molar-refractivity contribution is 5.36. The smallest absolute Gasteiger partial charge is 0.118 e. The highest BCUT2D eigenvalue weighted by atomic mass is 16.5. The van der Waals surface area contributed by atoms with Crippen molar-refractivity contribution in [3.8, 4) is 5.75 Å². The van der Waals surface area contributed by atoms with Gasteiger partial charge in [0, 0.05) is 23.2 Å². The molecule has 106 valence electrons. The summed E-state index contributed by atoms with van der Waals surface area (Å²) in [7, 11) is 1.67. The summed E-state index contributed by atoms with van der Waals surface area (Å²) in [6, 6.07) is 8.07. The number of nitrogens with zero attached hydrogens (tertiary/aromatic N) is 2. The number of ether oxygens (including phenoxy) is 1. The SMILES string of the molecule is COc1ccc(C2c3cncn3CC(O)C2(C)C)cc1. The largest absolute Gasteiger partial charge is 0.497 e. The Morgan fingerprint density at radius 2 is 2.00 bits per heavy atom. The average molecular weight is 272 g/mol. The highest BCUT2D eigenvalue weighted by Gasteiger charge is 2.43. The number of imidazole rings is 1. The Balaban J connectivity index is 2.09. The number of methoxy groups -OCH3 is 1. The Kier molecular flexibility index (Phi) is 3.05. The van der Waals surface area contributed by atoms with Crippen LogP contribution in [-0.2, 0) is 6.54 Å². The molecule has 4 nitrogen and oxygen atoms in total. The topological polar surface area (TPSA) is 47.3 Å². The lowest BCUT2D eigenvalue weighted by Gasteiger charge is -2.43. The van der Waals surface area contributed by atoms with E-state index in [-0.39, 0.29) is 11.3 Å². The molecule has 0 amide bonds. The Labute approximate surface area is 119 Å². The van der Waals surface area contributed by atoms with Crippen LogP contribution in [0.15, 0.2) is 36.8 Å². The van der Waals surface area contributed by atoms with Gasteiger partial charge in [0.2, 0.25) is 0 Å². The minimum Gasteiger partial charge on any atom is -0.497 e. The monoisotopic (exact) mass is 272 g/mol. The third-order valence-electron chi connectivity index (χ3n) is 4.46. The predicted molar refractivity (Wildman–Crippen MR) is 76.9 cm³/mol. The summed E-state index contributed by atoms with van der Waals surface area (Å²) in [5.74, 6) is 0.969. The number of aliphatic hydroxyl groups excluding tert-OH is 1. The standard InChI is InChI=1S/C16H20N2O2/c1-16(2)14(19)9-18-10-17-8-13(18)15(16)11-4-6-12(20-3)7-5-11/h4-8,10,14-15,19H,9H2,1-3H3. The second-order valence-corrected chi connectivity index (χ2v) is 6.01. The van der Waals surface area contributed by atoms with Crippen LogP contribution >= 0.6 is 0 Å². The molecule has 1 aromatic heterocycles. The first-order valence-corrected chi connectivity index (χ1v) is 6.86. The number of fused-ring (bicyclic) bond motifs is 1. The van der Waals surface area contributed by atoms with Crippen molar-refractivity contribution in [1.82, 2.24) is 9.55 Å². The van der Waals surface area contributed by atoms with E-state index in [9.17, 15) is 5.11 Å². The lowest BCUT2D eigenvalue weighted by molar-refractivity contribution is 0.00743. The maximum absolute atomic E-state index is 10.5. The number of aliphatic hydroxyl groups is 1. The minimum absolute atomic E-state index is 0.125. The molecule has 1 aliphatic rings. The molecule has 1 N–H and O–H groups in total. The molecule has 0 aliphatic carbocycles. The van der Waals surface area contributed by atoms with Gasteiger partial charge in [-0.15, -0.1) is 0 Å². The average Bonchev–Trinajstić information content (AvgIpc) is 2.87. The molecule has 0 bridgehead atoms. The summed E-state index contributed by atoms with van der Waals surface area (Å²) in [5.41, 5.74) is 2.10. The summed E-state index contributed by atoms with van der Waals surface area (Å²) in [4.78, 5) is 4.24. The van der Waals surface area contributed by atoms with Crippen molar-refractivity contribution >= 4 is 0 Å². The maximum atomic E-state index is 10.5. The molecule has 4 heteroatoms. The molecule has 1 aromatic carbocycles. The van der Waals surface area contributed by atoms with Gasteiger partial charge < -0.3 is 14.4 Å². The molecule has 2 atom stereocenters. The number of benzene rings is 1. The number of hydrogen-bond acceptors (Lipinski definition) is 3. The van der Waals surface area contributed by atoms with Gasteiger partial charge in [-0.25, -0.2) is 4.98 Å². The van der Waals surface area contributed by atoms with E-state index in [2.05, 4.69) is 31.0 Å². The summed E-state index contributed by atoms with van der Waals surface area (Å²) < 4.78 is 7.26. The Hall–Kier alpha value is -1.81. The second kappa shape index (κ2) is 4.63. The molecule has 20 heavy (non-hydrogen) atoms. The van der Waals surface area contributed by atoms with Crippen molar-refractivity contribution in [3.63, 3.8) is 0 Å². The lowest BCUT2D eigenvalue weighted by atomic mass is 9.68. The molecule has 2 heterocycles. The Morgan fingerprint density at radius 1 is 1.30 bits per heavy atom. The number of hydrogen-bond donors (Lipinski definition) is 1. The maximum Gasteiger partial charge on any atom is 0.118 e. The van der Waals surface area contributed by atoms with E-state index < -0.39 is 6.10 Å². The quantitative estimate of drug-likeness (QED) is 0.913. The molecular formula is C16H20N2O2. The molecule has 0 fully saturated rings. The van der Waals surface area contributed by atoms with Gasteiger partial charge in [-0.3, -0.25) is 0 Å². The summed E-state index contributed by atoms with van der Waals surface area (Å²) in [6.45, 7) is 4.83. The van der Waals surface area contributed by atoms with Crippen molar-refractivity contribution in [2.45, 2.75) is 32.4 Å². The fraction of sp³-hybridized carbons (Fsp3) is 0.438. The molecule has 3 rings (SSSR count). The van der Waals surface area contributed by atoms with Crippen LogP contribution in [0.4, 0.5) is 0 Å². The minimum atomic E-state index is -0.392. The van der Waals surface area contributed by atoms with E-state index in [4.69, 9.17) is 4.74 Å². The summed E-state index contributed by atoms with van der Waals surface area (Å²) >= 11 is 0. The van der Waals surface area contributed by atoms with Gasteiger partial charge in [0.05, 0.1) is 26.1 Å². The first kappa shape index (κ1) is 13.2.